The topological polar surface area (TPSA) is 90.9 Å². The van der Waals surface area contributed by atoms with Gasteiger partial charge in [0.05, 0.1) is 19.0 Å². The molecule has 1 aliphatic carbocycles. The lowest BCUT2D eigenvalue weighted by Crippen LogP contribution is -2.31. The van der Waals surface area contributed by atoms with E-state index in [9.17, 15) is 13.2 Å². The van der Waals surface area contributed by atoms with Crippen LogP contribution in [0, 0.1) is 5.92 Å². The number of sulfonamides is 1. The highest BCUT2D eigenvalue weighted by Crippen LogP contribution is 2.32. The van der Waals surface area contributed by atoms with Gasteiger partial charge in [0.1, 0.15) is 18.1 Å². The van der Waals surface area contributed by atoms with Gasteiger partial charge >= 0.3 is 0 Å². The van der Waals surface area contributed by atoms with E-state index in [0.29, 0.717) is 49.2 Å². The summed E-state index contributed by atoms with van der Waals surface area (Å²) in [6.45, 7) is 3.50. The molecule has 0 aliphatic heterocycles. The molecule has 29 heavy (non-hydrogen) atoms. The van der Waals surface area contributed by atoms with Crippen molar-refractivity contribution in [3.05, 3.63) is 29.8 Å². The molecule has 1 aromatic carbocycles. The van der Waals surface area contributed by atoms with Crippen LogP contribution in [0.5, 0.6) is 11.5 Å². The Hall–Kier alpha value is -2.06. The summed E-state index contributed by atoms with van der Waals surface area (Å²) in [6.07, 6.45) is 7.34. The Balaban J connectivity index is 2.01. The van der Waals surface area contributed by atoms with Gasteiger partial charge in [-0.25, -0.2) is 13.1 Å². The van der Waals surface area contributed by atoms with Gasteiger partial charge in [-0.15, -0.1) is 0 Å². The molecule has 8 heteroatoms. The predicted octanol–water partition coefficient (Wildman–Crippen LogP) is 3.15. The van der Waals surface area contributed by atoms with E-state index < -0.39 is 15.9 Å². The van der Waals surface area contributed by atoms with Gasteiger partial charge in [0.25, 0.3) is 5.91 Å². The fraction of sp³-hybridized carbons (Fsp3) is 0.571. The van der Waals surface area contributed by atoms with Crippen LogP contribution >= 0.6 is 0 Å². The second-order valence-electron chi connectivity index (χ2n) is 7.12. The number of unbranched alkanes of at least 4 members (excludes halogenated alkanes) is 2. The Bertz CT molecular complexity index is 786. The fourth-order valence-corrected chi connectivity index (χ4v) is 3.61. The number of nitrogens with one attached hydrogen (secondary N) is 1. The van der Waals surface area contributed by atoms with Gasteiger partial charge in [-0.05, 0) is 43.4 Å². The van der Waals surface area contributed by atoms with Crippen LogP contribution in [0.3, 0.4) is 0 Å². The monoisotopic (exact) mass is 425 g/mol. The molecule has 1 saturated carbocycles. The summed E-state index contributed by atoms with van der Waals surface area (Å²) < 4.78 is 42.4. The predicted molar refractivity (Wildman–Crippen MR) is 113 cm³/mol. The minimum Gasteiger partial charge on any atom is -0.493 e. The summed E-state index contributed by atoms with van der Waals surface area (Å²) in [5.41, 5.74) is 0.684. The van der Waals surface area contributed by atoms with Crippen molar-refractivity contribution in [1.29, 1.82) is 0 Å². The number of amides is 1. The molecule has 0 atom stereocenters. The van der Waals surface area contributed by atoms with Crippen molar-refractivity contribution < 1.29 is 27.4 Å². The smallest absolute Gasteiger partial charge is 0.257 e. The third kappa shape index (κ3) is 9.32. The summed E-state index contributed by atoms with van der Waals surface area (Å²) in [6, 6.07) is 5.33. The number of hydrogen-bond acceptors (Lipinski definition) is 6. The van der Waals surface area contributed by atoms with E-state index in [0.717, 1.165) is 25.7 Å². The molecule has 1 fully saturated rings. The maximum atomic E-state index is 12.0. The molecule has 0 bridgehead atoms. The highest BCUT2D eigenvalue weighted by Gasteiger charge is 2.22. The molecule has 162 valence electrons. The van der Waals surface area contributed by atoms with Gasteiger partial charge < -0.3 is 14.2 Å². The van der Waals surface area contributed by atoms with Gasteiger partial charge in [-0.2, -0.15) is 0 Å². The number of methoxy groups -OCH3 is 1. The maximum absolute atomic E-state index is 12.0. The van der Waals surface area contributed by atoms with Gasteiger partial charge in [-0.3, -0.25) is 4.79 Å². The van der Waals surface area contributed by atoms with E-state index in [2.05, 4.69) is 4.72 Å². The molecule has 2 rings (SSSR count). The van der Waals surface area contributed by atoms with Crippen LogP contribution in [-0.4, -0.2) is 47.0 Å². The molecule has 1 N–H and O–H groups in total. The average molecular weight is 426 g/mol. The number of hydrogen-bond donors (Lipinski definition) is 1. The van der Waals surface area contributed by atoms with E-state index in [1.165, 1.54) is 6.08 Å². The summed E-state index contributed by atoms with van der Waals surface area (Å²) in [5, 5.41) is 0. The molecule has 0 saturated heterocycles. The van der Waals surface area contributed by atoms with Crippen LogP contribution < -0.4 is 14.2 Å². The Morgan fingerprint density at radius 3 is 2.69 bits per heavy atom. The molecule has 7 nitrogen and oxygen atoms in total. The first-order valence-corrected chi connectivity index (χ1v) is 11.7. The van der Waals surface area contributed by atoms with Crippen molar-refractivity contribution in [2.75, 3.05) is 32.7 Å². The number of rotatable bonds is 14. The normalized spacial score (nSPS) is 14.1. The highest BCUT2D eigenvalue weighted by molar-refractivity contribution is 7.90. The zero-order valence-corrected chi connectivity index (χ0v) is 18.0. The summed E-state index contributed by atoms with van der Waals surface area (Å²) >= 11 is 0. The van der Waals surface area contributed by atoms with Crippen molar-refractivity contribution in [1.82, 2.24) is 4.72 Å². The second kappa shape index (κ2) is 11.8. The first kappa shape index (κ1) is 23.2. The van der Waals surface area contributed by atoms with E-state index in [1.807, 2.05) is 6.92 Å². The number of carbonyl (C=O) groups excluding carboxylic acids is 1. The van der Waals surface area contributed by atoms with E-state index in [4.69, 9.17) is 14.2 Å². The van der Waals surface area contributed by atoms with Crippen molar-refractivity contribution in [2.24, 2.45) is 5.92 Å². The summed E-state index contributed by atoms with van der Waals surface area (Å²) in [7, 11) is -2.01. The SMILES string of the molecule is CCCCCS(=O)(=O)NC(=O)C=Cc1ccc(OCCOC)cc1OCC1CC1. The van der Waals surface area contributed by atoms with E-state index in [1.54, 1.807) is 31.4 Å². The molecule has 1 aromatic rings. The first-order chi connectivity index (χ1) is 13.9. The molecular formula is C21H31NO6S. The van der Waals surface area contributed by atoms with Crippen LogP contribution in [0.1, 0.15) is 44.6 Å². The lowest BCUT2D eigenvalue weighted by molar-refractivity contribution is -0.114. The fourth-order valence-electron chi connectivity index (χ4n) is 2.55. The molecular weight excluding hydrogens is 394 g/mol. The molecule has 1 amide bonds. The zero-order chi connectivity index (χ0) is 21.1. The standard InChI is InChI=1S/C21H31NO6S/c1-3-4-5-14-29(24,25)22-21(23)11-9-18-8-10-19(27-13-12-26-2)15-20(18)28-16-17-6-7-17/h8-11,15,17H,3-7,12-14,16H2,1-2H3,(H,22,23). The average Bonchev–Trinajstić information content (AvgIpc) is 3.50. The zero-order valence-electron chi connectivity index (χ0n) is 17.2. The maximum Gasteiger partial charge on any atom is 0.257 e. The van der Waals surface area contributed by atoms with Crippen molar-refractivity contribution >= 4 is 22.0 Å². The third-order valence-corrected chi connectivity index (χ3v) is 5.74. The van der Waals surface area contributed by atoms with Crippen LogP contribution in [0.2, 0.25) is 0 Å². The van der Waals surface area contributed by atoms with Gasteiger partial charge in [0, 0.05) is 24.8 Å². The molecule has 0 radical (unpaired) electrons. The minimum atomic E-state index is -3.61. The Kier molecular flexibility index (Phi) is 9.47. The van der Waals surface area contributed by atoms with Gasteiger partial charge in [0.15, 0.2) is 0 Å². The summed E-state index contributed by atoms with van der Waals surface area (Å²) in [5.74, 6) is 1.09. The number of carbonyl (C=O) groups is 1. The van der Waals surface area contributed by atoms with Crippen LogP contribution in [-0.2, 0) is 19.6 Å². The highest BCUT2D eigenvalue weighted by atomic mass is 32.2. The van der Waals surface area contributed by atoms with Gasteiger partial charge in [0.2, 0.25) is 10.0 Å². The lowest BCUT2D eigenvalue weighted by atomic mass is 10.1. The van der Waals surface area contributed by atoms with Crippen molar-refractivity contribution in [3.8, 4) is 11.5 Å². The van der Waals surface area contributed by atoms with Crippen LogP contribution in [0.25, 0.3) is 6.08 Å². The van der Waals surface area contributed by atoms with Gasteiger partial charge in [-0.1, -0.05) is 19.8 Å². The molecule has 0 unspecified atom stereocenters. The van der Waals surface area contributed by atoms with E-state index >= 15 is 0 Å². The van der Waals surface area contributed by atoms with Crippen molar-refractivity contribution in [3.63, 3.8) is 0 Å². The third-order valence-electron chi connectivity index (χ3n) is 4.40. The molecule has 0 spiro atoms. The molecule has 0 aromatic heterocycles. The summed E-state index contributed by atoms with van der Waals surface area (Å²) in [4.78, 5) is 12.0. The van der Waals surface area contributed by atoms with E-state index in [-0.39, 0.29) is 5.75 Å². The Morgan fingerprint density at radius 1 is 1.21 bits per heavy atom. The Morgan fingerprint density at radius 2 is 2.00 bits per heavy atom. The quantitative estimate of drug-likeness (QED) is 0.364. The lowest BCUT2D eigenvalue weighted by Gasteiger charge is -2.12. The molecule has 1 aliphatic rings. The second-order valence-corrected chi connectivity index (χ2v) is 8.96. The van der Waals surface area contributed by atoms with Crippen molar-refractivity contribution in [2.45, 2.75) is 39.0 Å². The largest absolute Gasteiger partial charge is 0.493 e. The minimum absolute atomic E-state index is 0.0519. The Labute approximate surface area is 173 Å². The van der Waals surface area contributed by atoms with Crippen LogP contribution in [0.15, 0.2) is 24.3 Å². The number of benzene rings is 1. The number of ether oxygens (including phenoxy) is 3. The molecule has 0 heterocycles. The van der Waals surface area contributed by atoms with Crippen LogP contribution in [0.4, 0.5) is 0 Å². The first-order valence-electron chi connectivity index (χ1n) is 10.0.